The van der Waals surface area contributed by atoms with Crippen molar-refractivity contribution in [2.24, 2.45) is 0 Å². The SMILES string of the molecule is CC[N+]1(C)[C@H]2CC(OC(=O)C(CO)c3ccccc3)C[C@H]1[C@H]1O[C@H]12.O=P([O-])([O-])[O-]. The summed E-state index contributed by atoms with van der Waals surface area (Å²) in [6, 6.07) is 10.2. The molecule has 3 heterocycles. The van der Waals surface area contributed by atoms with Gasteiger partial charge >= 0.3 is 5.97 Å². The van der Waals surface area contributed by atoms with Gasteiger partial charge in [0.1, 0.15) is 36.3 Å². The van der Waals surface area contributed by atoms with Crippen molar-refractivity contribution < 1.29 is 43.1 Å². The number of hydrogen-bond acceptors (Lipinski definition) is 8. The average Bonchev–Trinajstić information content (AvgIpc) is 3.40. The van der Waals surface area contributed by atoms with Crippen LogP contribution in [-0.2, 0) is 18.8 Å². The van der Waals surface area contributed by atoms with E-state index < -0.39 is 13.7 Å². The molecule has 0 aromatic heterocycles. The number of morpholine rings is 1. The number of fused-ring (bicyclic) bond motifs is 5. The van der Waals surface area contributed by atoms with Gasteiger partial charge in [-0.3, -0.25) is 4.79 Å². The molecule has 162 valence electrons. The number of carbonyl (C=O) groups excluding carboxylic acids is 1. The third-order valence-electron chi connectivity index (χ3n) is 6.48. The number of carbonyl (C=O) groups is 1. The van der Waals surface area contributed by atoms with Crippen LogP contribution in [0.25, 0.3) is 0 Å². The zero-order chi connectivity index (χ0) is 21.4. The number of quaternary nitrogens is 1. The fraction of sp³-hybridized carbons (Fsp3) is 0.632. The molecule has 3 unspecified atom stereocenters. The Bertz CT molecular complexity index is 742. The minimum absolute atomic E-state index is 0.0561. The normalized spacial score (nSPS) is 35.7. The van der Waals surface area contributed by atoms with Crippen molar-refractivity contribution >= 4 is 13.8 Å². The van der Waals surface area contributed by atoms with Crippen molar-refractivity contribution in [3.8, 4) is 0 Å². The molecule has 1 N–H and O–H groups in total. The highest BCUT2D eigenvalue weighted by Gasteiger charge is 2.71. The lowest BCUT2D eigenvalue weighted by Gasteiger charge is -2.47. The molecule has 3 aliphatic rings. The van der Waals surface area contributed by atoms with Crippen molar-refractivity contribution in [1.82, 2.24) is 0 Å². The summed E-state index contributed by atoms with van der Waals surface area (Å²) in [7, 11) is -3.08. The van der Waals surface area contributed by atoms with Crippen molar-refractivity contribution in [2.75, 3.05) is 20.2 Å². The van der Waals surface area contributed by atoms with Gasteiger partial charge < -0.3 is 38.3 Å². The van der Waals surface area contributed by atoms with Crippen LogP contribution in [0.2, 0.25) is 0 Å². The summed E-state index contributed by atoms with van der Waals surface area (Å²) >= 11 is 0. The Kier molecular flexibility index (Phi) is 6.50. The van der Waals surface area contributed by atoms with E-state index in [2.05, 4.69) is 14.0 Å². The molecule has 10 heteroatoms. The van der Waals surface area contributed by atoms with E-state index in [0.29, 0.717) is 24.3 Å². The first-order valence-corrected chi connectivity index (χ1v) is 11.1. The predicted octanol–water partition coefficient (Wildman–Crippen LogP) is -1.37. The van der Waals surface area contributed by atoms with Crippen molar-refractivity contribution in [2.45, 2.75) is 56.1 Å². The van der Waals surface area contributed by atoms with Gasteiger partial charge in [-0.05, 0) is 12.5 Å². The van der Waals surface area contributed by atoms with E-state index in [1.807, 2.05) is 30.3 Å². The van der Waals surface area contributed by atoms with E-state index in [1.54, 1.807) is 0 Å². The number of piperidine rings is 1. The number of phosphoric acid groups is 1. The third kappa shape index (κ3) is 4.88. The van der Waals surface area contributed by atoms with Crippen LogP contribution < -0.4 is 14.7 Å². The minimum Gasteiger partial charge on any atom is -0.822 e. The number of ether oxygens (including phenoxy) is 2. The smallest absolute Gasteiger partial charge is 0.316 e. The van der Waals surface area contributed by atoms with Crippen LogP contribution in [0, 0.1) is 0 Å². The summed E-state index contributed by atoms with van der Waals surface area (Å²) in [5.41, 5.74) is 0.809. The molecule has 0 aliphatic carbocycles. The third-order valence-corrected chi connectivity index (χ3v) is 6.48. The summed E-state index contributed by atoms with van der Waals surface area (Å²) in [5.74, 6) is -0.904. The van der Waals surface area contributed by atoms with Gasteiger partial charge in [-0.2, -0.15) is 7.82 Å². The first-order valence-electron chi connectivity index (χ1n) is 9.68. The standard InChI is InChI=1S/C19H26NO4.H3O4P/c1-3-20(2)15-9-13(10-16(20)18-17(15)24-18)23-19(22)14(11-21)12-7-5-4-6-8-12;1-5(2,3)4/h4-8,13-18,21H,3,9-11H2,1-2H3;(H3,1,2,3,4)/q+1;/p-3/t13?,14?,15-,16-,17-,18+,20?;/m0./s1. The van der Waals surface area contributed by atoms with Gasteiger partial charge in [-0.25, -0.2) is 0 Å². The maximum absolute atomic E-state index is 12.6. The Balaban J connectivity index is 0.000000431. The number of aliphatic hydroxyl groups excluding tert-OH is 1. The highest BCUT2D eigenvalue weighted by Crippen LogP contribution is 2.52. The average molecular weight is 427 g/mol. The van der Waals surface area contributed by atoms with Crippen LogP contribution in [0.5, 0.6) is 0 Å². The monoisotopic (exact) mass is 427 g/mol. The van der Waals surface area contributed by atoms with Crippen LogP contribution in [0.3, 0.4) is 0 Å². The summed E-state index contributed by atoms with van der Waals surface area (Å²) in [6.07, 6.45) is 2.37. The molecule has 29 heavy (non-hydrogen) atoms. The second-order valence-corrected chi connectivity index (χ2v) is 8.88. The Morgan fingerprint density at radius 2 is 1.76 bits per heavy atom. The molecule has 0 spiro atoms. The fourth-order valence-electron chi connectivity index (χ4n) is 4.87. The van der Waals surface area contributed by atoms with Crippen molar-refractivity contribution in [3.05, 3.63) is 35.9 Å². The molecule has 4 rings (SSSR count). The van der Waals surface area contributed by atoms with Gasteiger partial charge in [-0.1, -0.05) is 30.3 Å². The number of hydrogen-bond donors (Lipinski definition) is 1. The van der Waals surface area contributed by atoms with Gasteiger partial charge in [0.05, 0.1) is 20.2 Å². The van der Waals surface area contributed by atoms with Gasteiger partial charge in [0.15, 0.2) is 0 Å². The lowest BCUT2D eigenvalue weighted by molar-refractivity contribution is -0.954. The second kappa shape index (κ2) is 8.43. The van der Waals surface area contributed by atoms with E-state index in [1.165, 1.54) is 0 Å². The quantitative estimate of drug-likeness (QED) is 0.262. The molecule has 0 saturated carbocycles. The zero-order valence-electron chi connectivity index (χ0n) is 16.4. The fourth-order valence-corrected chi connectivity index (χ4v) is 4.87. The summed E-state index contributed by atoms with van der Waals surface area (Å²) < 4.78 is 21.2. The first kappa shape index (κ1) is 22.4. The Labute approximate surface area is 169 Å². The molecular formula is C19H26NO8P-2. The van der Waals surface area contributed by atoms with Crippen molar-refractivity contribution in [3.63, 3.8) is 0 Å². The van der Waals surface area contributed by atoms with E-state index in [0.717, 1.165) is 29.4 Å². The topological polar surface area (TPSA) is 145 Å². The van der Waals surface area contributed by atoms with E-state index in [-0.39, 0.29) is 18.7 Å². The van der Waals surface area contributed by atoms with E-state index in [9.17, 15) is 9.90 Å². The molecule has 2 bridgehead atoms. The van der Waals surface area contributed by atoms with Crippen LogP contribution in [-0.4, -0.2) is 66.2 Å². The maximum atomic E-state index is 12.6. The molecule has 3 saturated heterocycles. The van der Waals surface area contributed by atoms with Crippen LogP contribution in [0.1, 0.15) is 31.2 Å². The van der Waals surface area contributed by atoms with Gasteiger partial charge in [0.2, 0.25) is 0 Å². The van der Waals surface area contributed by atoms with Crippen molar-refractivity contribution in [1.29, 1.82) is 0 Å². The molecule has 3 fully saturated rings. The Hall–Kier alpha value is -1.32. The molecule has 7 atom stereocenters. The Morgan fingerprint density at radius 1 is 1.24 bits per heavy atom. The lowest BCUT2D eigenvalue weighted by atomic mass is 9.95. The minimum atomic E-state index is -5.39. The zero-order valence-corrected chi connectivity index (χ0v) is 17.3. The summed E-state index contributed by atoms with van der Waals surface area (Å²) in [4.78, 5) is 38.2. The second-order valence-electron chi connectivity index (χ2n) is 7.99. The molecule has 1 aromatic carbocycles. The van der Waals surface area contributed by atoms with Gasteiger partial charge in [0.25, 0.3) is 0 Å². The highest BCUT2D eigenvalue weighted by atomic mass is 31.2. The molecule has 3 aliphatic heterocycles. The predicted molar refractivity (Wildman–Crippen MR) is 96.0 cm³/mol. The Morgan fingerprint density at radius 3 is 2.21 bits per heavy atom. The van der Waals surface area contributed by atoms with Crippen LogP contribution in [0.15, 0.2) is 30.3 Å². The van der Waals surface area contributed by atoms with E-state index in [4.69, 9.17) is 28.7 Å². The number of likely N-dealkylation sites (N-methyl/N-ethyl adjacent to an activating group) is 1. The number of aliphatic hydroxyl groups is 1. The van der Waals surface area contributed by atoms with Crippen LogP contribution in [0.4, 0.5) is 0 Å². The largest absolute Gasteiger partial charge is 0.822 e. The molecular weight excluding hydrogens is 401 g/mol. The molecule has 0 amide bonds. The van der Waals surface area contributed by atoms with Gasteiger partial charge in [-0.15, -0.1) is 0 Å². The van der Waals surface area contributed by atoms with Crippen LogP contribution >= 0.6 is 7.82 Å². The number of nitrogens with zero attached hydrogens (tertiary/aromatic N) is 1. The number of benzene rings is 1. The molecule has 0 radical (unpaired) electrons. The first-order chi connectivity index (χ1) is 13.6. The maximum Gasteiger partial charge on any atom is 0.316 e. The number of epoxide rings is 1. The number of rotatable bonds is 5. The lowest BCUT2D eigenvalue weighted by Crippen LogP contribution is -2.62. The molecule has 9 nitrogen and oxygen atoms in total. The van der Waals surface area contributed by atoms with E-state index >= 15 is 0 Å². The number of esters is 1. The van der Waals surface area contributed by atoms with Gasteiger partial charge in [0, 0.05) is 12.8 Å². The summed E-state index contributed by atoms with van der Waals surface area (Å²) in [5, 5.41) is 9.64. The summed E-state index contributed by atoms with van der Waals surface area (Å²) in [6.45, 7) is 3.10. The highest BCUT2D eigenvalue weighted by molar-refractivity contribution is 7.40. The molecule has 1 aromatic rings.